The van der Waals surface area contributed by atoms with E-state index in [2.05, 4.69) is 0 Å². The van der Waals surface area contributed by atoms with E-state index >= 15 is 0 Å². The van der Waals surface area contributed by atoms with Crippen LogP contribution >= 0.6 is 0 Å². The van der Waals surface area contributed by atoms with Crippen LogP contribution < -0.4 is 0 Å². The molecular formula is C16H14CaO14S2. The number of hydrogen-bond acceptors (Lipinski definition) is 8. The number of carboxylic acid groups (broad SMARTS) is 4. The first-order valence-electron chi connectivity index (χ1n) is 7.62. The van der Waals surface area contributed by atoms with Crippen LogP contribution in [-0.4, -0.2) is 108 Å². The molecule has 2 aromatic carbocycles. The first kappa shape index (κ1) is 30.4. The van der Waals surface area contributed by atoms with E-state index in [1.54, 1.807) is 0 Å². The predicted molar refractivity (Wildman–Crippen MR) is 108 cm³/mol. The van der Waals surface area contributed by atoms with Crippen LogP contribution in [0.1, 0.15) is 44.3 Å². The summed E-state index contributed by atoms with van der Waals surface area (Å²) in [5.41, 5.74) is -2.14. The summed E-state index contributed by atoms with van der Waals surface area (Å²) in [5, 5.41) is 34.4. The van der Waals surface area contributed by atoms with E-state index in [4.69, 9.17) is 29.5 Å². The van der Waals surface area contributed by atoms with E-state index in [-0.39, 0.29) is 40.6 Å². The molecule has 0 heterocycles. The normalized spacial score (nSPS) is 10.7. The van der Waals surface area contributed by atoms with Crippen LogP contribution in [-0.2, 0) is 20.2 Å². The molecule has 0 aromatic heterocycles. The van der Waals surface area contributed by atoms with E-state index in [1.807, 2.05) is 0 Å². The molecule has 0 spiro atoms. The van der Waals surface area contributed by atoms with E-state index in [1.165, 1.54) is 0 Å². The summed E-state index contributed by atoms with van der Waals surface area (Å²) in [6.07, 6.45) is 0. The molecule has 0 aliphatic rings. The fraction of sp³-hybridized carbons (Fsp3) is 0. The Labute approximate surface area is 217 Å². The molecule has 0 saturated heterocycles. The van der Waals surface area contributed by atoms with Crippen molar-refractivity contribution < 1.29 is 68.4 Å². The van der Waals surface area contributed by atoms with Gasteiger partial charge in [0.2, 0.25) is 0 Å². The zero-order valence-corrected chi connectivity index (χ0v) is 19.8. The Balaban J connectivity index is -0.000000539. The number of benzene rings is 2. The van der Waals surface area contributed by atoms with Crippen LogP contribution in [0.2, 0.25) is 0 Å². The molecule has 0 bridgehead atoms. The molecule has 0 atom stereocenters. The van der Waals surface area contributed by atoms with Gasteiger partial charge in [0.25, 0.3) is 20.2 Å². The van der Waals surface area contributed by atoms with Crippen molar-refractivity contribution in [2.75, 3.05) is 0 Å². The molecule has 0 fully saturated rings. The van der Waals surface area contributed by atoms with Crippen LogP contribution in [0.4, 0.5) is 0 Å². The van der Waals surface area contributed by atoms with Crippen molar-refractivity contribution in [3.63, 3.8) is 0 Å². The predicted octanol–water partition coefficient (Wildman–Crippen LogP) is 0.504. The molecule has 33 heavy (non-hydrogen) atoms. The SMILES string of the molecule is O=C(O)c1cc(C(=O)O)cc(S(=O)(=O)O)c1.O=C(O)c1cc(C(=O)O)cc(S(=O)(=O)O)c1.[Ca+2].[H-].[H-]. The molecule has 176 valence electrons. The largest absolute Gasteiger partial charge is 2.00 e. The monoisotopic (exact) mass is 534 g/mol. The maximum Gasteiger partial charge on any atom is 2.00 e. The van der Waals surface area contributed by atoms with Crippen LogP contribution in [0.15, 0.2) is 46.2 Å². The molecule has 0 amide bonds. The Bertz CT molecular complexity index is 1170. The van der Waals surface area contributed by atoms with Gasteiger partial charge in [-0.1, -0.05) is 0 Å². The van der Waals surface area contributed by atoms with Crippen LogP contribution in [0.25, 0.3) is 0 Å². The van der Waals surface area contributed by atoms with E-state index < -0.39 is 76.2 Å². The summed E-state index contributed by atoms with van der Waals surface area (Å²) in [6, 6.07) is 4.27. The van der Waals surface area contributed by atoms with Gasteiger partial charge in [-0.2, -0.15) is 16.8 Å². The second kappa shape index (κ2) is 11.5. The Morgan fingerprint density at radius 2 is 0.697 bits per heavy atom. The summed E-state index contributed by atoms with van der Waals surface area (Å²) < 4.78 is 60.4. The zero-order valence-electron chi connectivity index (χ0n) is 17.9. The molecule has 14 nitrogen and oxygen atoms in total. The van der Waals surface area contributed by atoms with Gasteiger partial charge in [-0.05, 0) is 36.4 Å². The average Bonchev–Trinajstić information content (AvgIpc) is 2.66. The fourth-order valence-corrected chi connectivity index (χ4v) is 3.09. The maximum atomic E-state index is 10.8. The summed E-state index contributed by atoms with van der Waals surface area (Å²) in [7, 11) is -9.28. The van der Waals surface area contributed by atoms with Crippen molar-refractivity contribution in [1.29, 1.82) is 0 Å². The van der Waals surface area contributed by atoms with Gasteiger partial charge in [0.1, 0.15) is 0 Å². The second-order valence-corrected chi connectivity index (χ2v) is 8.51. The van der Waals surface area contributed by atoms with Gasteiger partial charge in [-0.25, -0.2) is 19.2 Å². The fourth-order valence-electron chi connectivity index (χ4n) is 1.99. The molecule has 0 aliphatic carbocycles. The smallest absolute Gasteiger partial charge is 1.00 e. The van der Waals surface area contributed by atoms with Gasteiger partial charge in [0, 0.05) is 0 Å². The number of aromatic carboxylic acids is 4. The Hall–Kier alpha value is -2.60. The van der Waals surface area contributed by atoms with Crippen molar-refractivity contribution in [2.45, 2.75) is 9.79 Å². The van der Waals surface area contributed by atoms with Gasteiger partial charge in [0.05, 0.1) is 32.0 Å². The molecule has 0 saturated carbocycles. The third-order valence-corrected chi connectivity index (χ3v) is 5.06. The maximum absolute atomic E-state index is 10.8. The van der Waals surface area contributed by atoms with Crippen molar-refractivity contribution in [3.05, 3.63) is 58.7 Å². The van der Waals surface area contributed by atoms with Crippen molar-refractivity contribution >= 4 is 81.9 Å². The summed E-state index contributed by atoms with van der Waals surface area (Å²) in [4.78, 5) is 40.8. The Kier molecular flexibility index (Phi) is 10.6. The second-order valence-electron chi connectivity index (χ2n) is 5.66. The van der Waals surface area contributed by atoms with Crippen LogP contribution in [0, 0.1) is 0 Å². The summed E-state index contributed by atoms with van der Waals surface area (Å²) >= 11 is 0. The standard InChI is InChI=1S/2C8H6O7S.Ca.2H/c2*9-7(10)4-1-5(8(11)12)3-6(2-4)16(13,14)15;;;/h2*1-3H,(H,9,10)(H,11,12)(H,13,14,15);;;/q;;+2;2*-1. The minimum Gasteiger partial charge on any atom is -1.00 e. The molecule has 0 radical (unpaired) electrons. The van der Waals surface area contributed by atoms with Gasteiger partial charge in [-0.3, -0.25) is 9.11 Å². The third kappa shape index (κ3) is 9.04. The average molecular weight is 534 g/mol. The number of carbonyl (C=O) groups is 4. The first-order chi connectivity index (χ1) is 14.4. The number of hydrogen-bond donors (Lipinski definition) is 6. The van der Waals surface area contributed by atoms with Crippen molar-refractivity contribution in [2.24, 2.45) is 0 Å². The molecule has 2 aromatic rings. The van der Waals surface area contributed by atoms with E-state index in [0.717, 1.165) is 12.1 Å². The first-order valence-corrected chi connectivity index (χ1v) is 10.5. The Morgan fingerprint density at radius 3 is 0.818 bits per heavy atom. The quantitative estimate of drug-likeness (QED) is 0.218. The van der Waals surface area contributed by atoms with Crippen LogP contribution in [0.5, 0.6) is 0 Å². The minimum absolute atomic E-state index is 0. The Morgan fingerprint density at radius 1 is 0.515 bits per heavy atom. The molecule has 6 N–H and O–H groups in total. The molecular weight excluding hydrogens is 520 g/mol. The van der Waals surface area contributed by atoms with E-state index in [0.29, 0.717) is 24.3 Å². The van der Waals surface area contributed by atoms with Crippen molar-refractivity contribution in [1.82, 2.24) is 0 Å². The van der Waals surface area contributed by atoms with Gasteiger partial charge >= 0.3 is 61.6 Å². The van der Waals surface area contributed by atoms with E-state index in [9.17, 15) is 36.0 Å². The molecule has 17 heteroatoms. The van der Waals surface area contributed by atoms with Crippen LogP contribution in [0.3, 0.4) is 0 Å². The minimum atomic E-state index is -4.64. The summed E-state index contributed by atoms with van der Waals surface area (Å²) in [5.74, 6) is -5.97. The third-order valence-electron chi connectivity index (χ3n) is 3.40. The van der Waals surface area contributed by atoms with Gasteiger partial charge < -0.3 is 23.3 Å². The summed E-state index contributed by atoms with van der Waals surface area (Å²) in [6.45, 7) is 0. The van der Waals surface area contributed by atoms with Crippen molar-refractivity contribution in [3.8, 4) is 0 Å². The number of rotatable bonds is 6. The molecule has 2 rings (SSSR count). The van der Waals surface area contributed by atoms with Gasteiger partial charge in [0.15, 0.2) is 0 Å². The molecule has 0 aliphatic heterocycles. The topological polar surface area (TPSA) is 258 Å². The van der Waals surface area contributed by atoms with Gasteiger partial charge in [-0.15, -0.1) is 0 Å². The molecule has 0 unspecified atom stereocenters. The zero-order chi connectivity index (χ0) is 25.0. The number of carboxylic acids is 4.